The molecule has 0 amide bonds. The van der Waals surface area contributed by atoms with Crippen LogP contribution in [0.25, 0.3) is 0 Å². The fourth-order valence-corrected chi connectivity index (χ4v) is 1.56. The van der Waals surface area contributed by atoms with Gasteiger partial charge in [-0.05, 0) is 27.5 Å². The van der Waals surface area contributed by atoms with Gasteiger partial charge in [-0.2, -0.15) is 4.37 Å². The summed E-state index contributed by atoms with van der Waals surface area (Å²) in [5.41, 5.74) is 0. The summed E-state index contributed by atoms with van der Waals surface area (Å²) < 4.78 is 5.37. The summed E-state index contributed by atoms with van der Waals surface area (Å²) in [5.74, 6) is 0. The lowest BCUT2D eigenvalue weighted by molar-refractivity contribution is 1.50. The first-order valence-corrected chi connectivity index (χ1v) is 3.51. The third-order valence-corrected chi connectivity index (χ3v) is 1.99. The number of nitrogens with zero attached hydrogens (tertiary/aromatic N) is 1. The molecule has 0 aliphatic rings. The van der Waals surface area contributed by atoms with E-state index in [0.717, 1.165) is 4.60 Å². The van der Waals surface area contributed by atoms with Gasteiger partial charge in [0.2, 0.25) is 0 Å². The molecule has 0 spiro atoms. The molecule has 0 atom stereocenters. The van der Waals surface area contributed by atoms with Gasteiger partial charge in [0.25, 0.3) is 0 Å². The number of hydrogen-bond donors (Lipinski definition) is 0. The molecule has 0 N–H and O–H groups in total. The lowest BCUT2D eigenvalue weighted by Crippen LogP contribution is -1.47. The highest BCUT2D eigenvalue weighted by molar-refractivity contribution is 9.10. The minimum absolute atomic E-state index is 0.715. The van der Waals surface area contributed by atoms with E-state index in [9.17, 15) is 0 Å². The van der Waals surface area contributed by atoms with E-state index < -0.39 is 0 Å². The smallest absolute Gasteiger partial charge is 0.121 e. The SMILES string of the molecule is Clc1cc(Br)ns1. The van der Waals surface area contributed by atoms with Crippen LogP contribution in [0.1, 0.15) is 0 Å². The second kappa shape index (κ2) is 2.11. The van der Waals surface area contributed by atoms with Gasteiger partial charge in [-0.25, -0.2) is 0 Å². The summed E-state index contributed by atoms with van der Waals surface area (Å²) in [6.45, 7) is 0. The molecule has 0 aliphatic carbocycles. The van der Waals surface area contributed by atoms with Gasteiger partial charge in [0, 0.05) is 6.07 Å². The van der Waals surface area contributed by atoms with Crippen molar-refractivity contribution in [1.29, 1.82) is 0 Å². The minimum atomic E-state index is 0.715. The van der Waals surface area contributed by atoms with Gasteiger partial charge in [0.05, 0.1) is 0 Å². The first-order valence-electron chi connectivity index (χ1n) is 1.57. The van der Waals surface area contributed by atoms with Crippen LogP contribution in [-0.2, 0) is 0 Å². The fraction of sp³-hybridized carbons (Fsp3) is 0. The predicted molar refractivity (Wildman–Crippen MR) is 34.8 cm³/mol. The molecule has 1 heterocycles. The van der Waals surface area contributed by atoms with Gasteiger partial charge >= 0.3 is 0 Å². The van der Waals surface area contributed by atoms with Gasteiger partial charge < -0.3 is 0 Å². The van der Waals surface area contributed by atoms with Crippen molar-refractivity contribution >= 4 is 39.1 Å². The van der Waals surface area contributed by atoms with E-state index in [4.69, 9.17) is 11.6 Å². The Morgan fingerprint density at radius 2 is 2.57 bits per heavy atom. The number of aromatic nitrogens is 1. The molecule has 0 aliphatic heterocycles. The lowest BCUT2D eigenvalue weighted by Gasteiger charge is -1.62. The molecule has 1 nitrogen and oxygen atoms in total. The summed E-state index contributed by atoms with van der Waals surface area (Å²) in [6, 6.07) is 1.76. The van der Waals surface area contributed by atoms with Crippen molar-refractivity contribution < 1.29 is 0 Å². The summed E-state index contributed by atoms with van der Waals surface area (Å²) in [5, 5.41) is 0. The standard InChI is InChI=1S/C3HBrClNS/c4-2-1-3(5)7-6-2/h1H. The van der Waals surface area contributed by atoms with Crippen molar-refractivity contribution in [3.63, 3.8) is 0 Å². The zero-order valence-electron chi connectivity index (χ0n) is 3.19. The van der Waals surface area contributed by atoms with Crippen molar-refractivity contribution in [2.45, 2.75) is 0 Å². The summed E-state index contributed by atoms with van der Waals surface area (Å²) in [7, 11) is 0. The molecule has 0 saturated carbocycles. The van der Waals surface area contributed by atoms with E-state index in [1.165, 1.54) is 11.5 Å². The monoisotopic (exact) mass is 197 g/mol. The van der Waals surface area contributed by atoms with Gasteiger partial charge in [0.15, 0.2) is 0 Å². The van der Waals surface area contributed by atoms with Gasteiger partial charge in [-0.3, -0.25) is 0 Å². The summed E-state index contributed by atoms with van der Waals surface area (Å²) in [4.78, 5) is 0. The zero-order chi connectivity index (χ0) is 5.28. The first kappa shape index (κ1) is 5.54. The summed E-state index contributed by atoms with van der Waals surface area (Å²) in [6.07, 6.45) is 0. The topological polar surface area (TPSA) is 12.9 Å². The number of halogens is 2. The van der Waals surface area contributed by atoms with Crippen LogP contribution in [0.3, 0.4) is 0 Å². The minimum Gasteiger partial charge on any atom is -0.184 e. The van der Waals surface area contributed by atoms with Crippen molar-refractivity contribution in [2.75, 3.05) is 0 Å². The predicted octanol–water partition coefficient (Wildman–Crippen LogP) is 2.56. The molecule has 0 unspecified atom stereocenters. The molecule has 0 saturated heterocycles. The molecule has 7 heavy (non-hydrogen) atoms. The highest BCUT2D eigenvalue weighted by Gasteiger charge is 1.90. The quantitative estimate of drug-likeness (QED) is 0.624. The zero-order valence-corrected chi connectivity index (χ0v) is 6.35. The Kier molecular flexibility index (Phi) is 1.67. The molecule has 4 heteroatoms. The second-order valence-corrected chi connectivity index (χ2v) is 3.20. The molecule has 0 fully saturated rings. The maximum Gasteiger partial charge on any atom is 0.121 e. The largest absolute Gasteiger partial charge is 0.184 e. The van der Waals surface area contributed by atoms with E-state index in [-0.39, 0.29) is 0 Å². The molecule has 1 rings (SSSR count). The molecule has 1 aromatic heterocycles. The molecule has 1 aromatic rings. The molecule has 0 bridgehead atoms. The lowest BCUT2D eigenvalue weighted by atomic mass is 10.8. The molecular formula is C3HBrClNS. The second-order valence-electron chi connectivity index (χ2n) is 0.954. The molecule has 0 radical (unpaired) electrons. The average Bonchev–Trinajstić information content (AvgIpc) is 1.87. The van der Waals surface area contributed by atoms with Gasteiger partial charge in [-0.15, -0.1) is 0 Å². The van der Waals surface area contributed by atoms with Crippen LogP contribution in [0.4, 0.5) is 0 Å². The highest BCUT2D eigenvalue weighted by atomic mass is 79.9. The maximum absolute atomic E-state index is 5.49. The van der Waals surface area contributed by atoms with Crippen LogP contribution >= 0.6 is 39.1 Å². The van der Waals surface area contributed by atoms with Gasteiger partial charge in [-0.1, -0.05) is 11.6 Å². The van der Waals surface area contributed by atoms with Crippen molar-refractivity contribution in [2.24, 2.45) is 0 Å². The van der Waals surface area contributed by atoms with Crippen molar-refractivity contribution in [3.05, 3.63) is 15.0 Å². The number of rotatable bonds is 0. The third-order valence-electron chi connectivity index (χ3n) is 0.453. The highest BCUT2D eigenvalue weighted by Crippen LogP contribution is 2.19. The van der Waals surface area contributed by atoms with E-state index in [1.807, 2.05) is 0 Å². The third kappa shape index (κ3) is 1.40. The van der Waals surface area contributed by atoms with Crippen LogP contribution in [0.2, 0.25) is 4.34 Å². The Morgan fingerprint density at radius 3 is 2.71 bits per heavy atom. The Balaban J connectivity index is 3.04. The fourth-order valence-electron chi connectivity index (χ4n) is 0.234. The maximum atomic E-state index is 5.49. The van der Waals surface area contributed by atoms with Crippen LogP contribution in [0.5, 0.6) is 0 Å². The van der Waals surface area contributed by atoms with Crippen molar-refractivity contribution in [1.82, 2.24) is 4.37 Å². The van der Waals surface area contributed by atoms with Crippen LogP contribution < -0.4 is 0 Å². The molecule has 0 aromatic carbocycles. The Hall–Kier alpha value is 0.400. The van der Waals surface area contributed by atoms with Gasteiger partial charge in [0.1, 0.15) is 8.94 Å². The van der Waals surface area contributed by atoms with E-state index in [2.05, 4.69) is 20.3 Å². The molecular weight excluding hydrogens is 197 g/mol. The average molecular weight is 198 g/mol. The van der Waals surface area contributed by atoms with Crippen molar-refractivity contribution in [3.8, 4) is 0 Å². The number of hydrogen-bond acceptors (Lipinski definition) is 2. The van der Waals surface area contributed by atoms with Crippen LogP contribution in [0, 0.1) is 0 Å². The Bertz CT molecular complexity index is 147. The van der Waals surface area contributed by atoms with Crippen LogP contribution in [0.15, 0.2) is 10.7 Å². The summed E-state index contributed by atoms with van der Waals surface area (Å²) >= 11 is 9.91. The molecule has 38 valence electrons. The van der Waals surface area contributed by atoms with Crippen LogP contribution in [-0.4, -0.2) is 4.37 Å². The van der Waals surface area contributed by atoms with E-state index in [1.54, 1.807) is 6.07 Å². The van der Waals surface area contributed by atoms with E-state index >= 15 is 0 Å². The normalized spacial score (nSPS) is 9.43. The first-order chi connectivity index (χ1) is 3.29. The van der Waals surface area contributed by atoms with E-state index in [0.29, 0.717) is 4.34 Å². The Labute approximate surface area is 58.6 Å². The Morgan fingerprint density at radius 1 is 1.86 bits per heavy atom.